The minimum Gasteiger partial charge on any atom is -0.489 e. The highest BCUT2D eigenvalue weighted by Crippen LogP contribution is 2.26. The molecule has 0 spiro atoms. The van der Waals surface area contributed by atoms with Gasteiger partial charge in [-0.15, -0.1) is 11.3 Å². The van der Waals surface area contributed by atoms with E-state index in [-0.39, 0.29) is 18.9 Å². The molecule has 0 saturated heterocycles. The highest BCUT2D eigenvalue weighted by atomic mass is 35.5. The number of nitrogens with zero attached hydrogens (tertiary/aromatic N) is 1. The average Bonchev–Trinajstić information content (AvgIpc) is 3.04. The molecule has 3 N–H and O–H groups in total. The van der Waals surface area contributed by atoms with Crippen LogP contribution in [0.15, 0.2) is 35.3 Å². The minimum absolute atomic E-state index is 0.0138. The molecule has 0 amide bonds. The van der Waals surface area contributed by atoms with Crippen molar-refractivity contribution in [2.75, 3.05) is 26.2 Å². The van der Waals surface area contributed by atoms with Crippen molar-refractivity contribution in [3.63, 3.8) is 0 Å². The third kappa shape index (κ3) is 6.44. The zero-order valence-electron chi connectivity index (χ0n) is 14.1. The molecule has 1 aromatic heterocycles. The van der Waals surface area contributed by atoms with Crippen LogP contribution >= 0.6 is 22.9 Å². The molecule has 9 heteroatoms. The second-order valence-electron chi connectivity index (χ2n) is 5.23. The van der Waals surface area contributed by atoms with Gasteiger partial charge in [-0.25, -0.2) is 8.78 Å². The first-order valence-electron chi connectivity index (χ1n) is 8.03. The predicted octanol–water partition coefficient (Wildman–Crippen LogP) is 3.35. The molecule has 1 unspecified atom stereocenters. The Morgan fingerprint density at radius 2 is 2.12 bits per heavy atom. The van der Waals surface area contributed by atoms with E-state index in [1.54, 1.807) is 12.1 Å². The van der Waals surface area contributed by atoms with E-state index in [4.69, 9.17) is 16.3 Å². The third-order valence-corrected chi connectivity index (χ3v) is 4.57. The van der Waals surface area contributed by atoms with E-state index in [1.165, 1.54) is 17.4 Å². The first-order chi connectivity index (χ1) is 12.5. The number of halogens is 3. The van der Waals surface area contributed by atoms with Crippen molar-refractivity contribution in [2.24, 2.45) is 4.99 Å². The second kappa shape index (κ2) is 10.3. The molecule has 142 valence electrons. The summed E-state index contributed by atoms with van der Waals surface area (Å²) in [5, 5.41) is 16.2. The number of thiophene rings is 1. The summed E-state index contributed by atoms with van der Waals surface area (Å²) < 4.78 is 32.2. The van der Waals surface area contributed by atoms with Crippen LogP contribution in [0, 0.1) is 11.6 Å². The molecule has 0 aliphatic carbocycles. The van der Waals surface area contributed by atoms with Crippen LogP contribution in [0.25, 0.3) is 0 Å². The Hall–Kier alpha value is -1.90. The average molecular weight is 404 g/mol. The van der Waals surface area contributed by atoms with Gasteiger partial charge in [-0.3, -0.25) is 4.99 Å². The predicted molar refractivity (Wildman–Crippen MR) is 100 cm³/mol. The summed E-state index contributed by atoms with van der Waals surface area (Å²) in [5.74, 6) is -0.916. The fraction of sp³-hybridized carbons (Fsp3) is 0.353. The number of aliphatic hydroxyl groups is 1. The van der Waals surface area contributed by atoms with Gasteiger partial charge < -0.3 is 20.5 Å². The van der Waals surface area contributed by atoms with Gasteiger partial charge in [0.15, 0.2) is 17.5 Å². The Balaban J connectivity index is 1.81. The summed E-state index contributed by atoms with van der Waals surface area (Å²) in [6.45, 7) is 3.23. The smallest absolute Gasteiger partial charge is 0.191 e. The number of aliphatic hydroxyl groups excluding tert-OH is 1. The van der Waals surface area contributed by atoms with Crippen LogP contribution in [-0.2, 0) is 0 Å². The van der Waals surface area contributed by atoms with Gasteiger partial charge >= 0.3 is 0 Å². The fourth-order valence-corrected chi connectivity index (χ4v) is 3.08. The summed E-state index contributed by atoms with van der Waals surface area (Å²) in [6, 6.07) is 6.64. The summed E-state index contributed by atoms with van der Waals surface area (Å²) in [6.07, 6.45) is -0.743. The summed E-state index contributed by atoms with van der Waals surface area (Å²) >= 11 is 7.16. The van der Waals surface area contributed by atoms with Crippen molar-refractivity contribution in [3.05, 3.63) is 51.2 Å². The Kier molecular flexibility index (Phi) is 8.08. The van der Waals surface area contributed by atoms with Crippen molar-refractivity contribution in [1.82, 2.24) is 10.6 Å². The molecule has 0 radical (unpaired) electrons. The Morgan fingerprint density at radius 3 is 2.77 bits per heavy atom. The van der Waals surface area contributed by atoms with Gasteiger partial charge in [0.25, 0.3) is 0 Å². The van der Waals surface area contributed by atoms with Gasteiger partial charge in [0.1, 0.15) is 18.5 Å². The first-order valence-corrected chi connectivity index (χ1v) is 9.22. The van der Waals surface area contributed by atoms with Gasteiger partial charge in [0, 0.05) is 17.5 Å². The maximum absolute atomic E-state index is 13.5. The number of hydrogen-bond acceptors (Lipinski definition) is 4. The highest BCUT2D eigenvalue weighted by molar-refractivity contribution is 7.16. The molecule has 1 aromatic carbocycles. The van der Waals surface area contributed by atoms with E-state index in [0.29, 0.717) is 23.4 Å². The number of aliphatic imine (C=N–C) groups is 1. The Bertz CT molecular complexity index is 743. The standard InChI is InChI=1S/C17H20ClF2N3O2S/c1-2-21-17(23-10-13(24)15-5-6-16(18)26-15)22-7-8-25-14-4-3-11(19)9-12(14)20/h3-6,9,13,24H,2,7-8,10H2,1H3,(H2,21,22,23). The first kappa shape index (κ1) is 20.4. The zero-order chi connectivity index (χ0) is 18.9. The van der Waals surface area contributed by atoms with Crippen LogP contribution in [0.3, 0.4) is 0 Å². The van der Waals surface area contributed by atoms with E-state index in [2.05, 4.69) is 15.6 Å². The fourth-order valence-electron chi connectivity index (χ4n) is 2.04. The summed E-state index contributed by atoms with van der Waals surface area (Å²) in [7, 11) is 0. The third-order valence-electron chi connectivity index (χ3n) is 3.23. The molecule has 26 heavy (non-hydrogen) atoms. The van der Waals surface area contributed by atoms with E-state index in [0.717, 1.165) is 17.0 Å². The van der Waals surface area contributed by atoms with E-state index >= 15 is 0 Å². The lowest BCUT2D eigenvalue weighted by Crippen LogP contribution is -2.39. The molecule has 0 aliphatic rings. The minimum atomic E-state index is -0.747. The molecular formula is C17H20ClF2N3O2S. The topological polar surface area (TPSA) is 65.9 Å². The molecular weight excluding hydrogens is 384 g/mol. The van der Waals surface area contributed by atoms with Crippen molar-refractivity contribution < 1.29 is 18.6 Å². The van der Waals surface area contributed by atoms with Gasteiger partial charge in [-0.05, 0) is 31.2 Å². The largest absolute Gasteiger partial charge is 0.489 e. The lowest BCUT2D eigenvalue weighted by Gasteiger charge is -2.13. The number of guanidine groups is 1. The molecule has 1 atom stereocenters. The number of benzene rings is 1. The van der Waals surface area contributed by atoms with Gasteiger partial charge in [0.2, 0.25) is 0 Å². The molecule has 1 heterocycles. The molecule has 0 bridgehead atoms. The van der Waals surface area contributed by atoms with Crippen LogP contribution in [0.1, 0.15) is 17.9 Å². The number of rotatable bonds is 8. The van der Waals surface area contributed by atoms with Crippen molar-refractivity contribution in [2.45, 2.75) is 13.0 Å². The van der Waals surface area contributed by atoms with Gasteiger partial charge in [-0.1, -0.05) is 11.6 Å². The van der Waals surface area contributed by atoms with E-state index < -0.39 is 17.7 Å². The molecule has 5 nitrogen and oxygen atoms in total. The molecule has 0 aliphatic heterocycles. The number of hydrogen-bond donors (Lipinski definition) is 3. The van der Waals surface area contributed by atoms with Crippen LogP contribution in [-0.4, -0.2) is 37.3 Å². The normalized spacial score (nSPS) is 12.7. The monoisotopic (exact) mass is 403 g/mol. The van der Waals surface area contributed by atoms with Crippen LogP contribution in [0.4, 0.5) is 8.78 Å². The molecule has 0 fully saturated rings. The lowest BCUT2D eigenvalue weighted by atomic mass is 10.3. The Labute approximate surface area is 159 Å². The van der Waals surface area contributed by atoms with Crippen molar-refractivity contribution in [3.8, 4) is 5.75 Å². The van der Waals surface area contributed by atoms with Gasteiger partial charge in [-0.2, -0.15) is 0 Å². The second-order valence-corrected chi connectivity index (χ2v) is 6.97. The van der Waals surface area contributed by atoms with Crippen molar-refractivity contribution >= 4 is 28.9 Å². The molecule has 0 saturated carbocycles. The van der Waals surface area contributed by atoms with Crippen LogP contribution < -0.4 is 15.4 Å². The van der Waals surface area contributed by atoms with Gasteiger partial charge in [0.05, 0.1) is 17.4 Å². The highest BCUT2D eigenvalue weighted by Gasteiger charge is 2.10. The maximum atomic E-state index is 13.5. The Morgan fingerprint density at radius 1 is 1.31 bits per heavy atom. The van der Waals surface area contributed by atoms with Crippen molar-refractivity contribution in [1.29, 1.82) is 0 Å². The summed E-state index contributed by atoms with van der Waals surface area (Å²) in [5.41, 5.74) is 0. The SMILES string of the molecule is CCNC(=NCC(O)c1ccc(Cl)s1)NCCOc1ccc(F)cc1F. The summed E-state index contributed by atoms with van der Waals surface area (Å²) in [4.78, 5) is 5.04. The number of ether oxygens (including phenoxy) is 1. The van der Waals surface area contributed by atoms with E-state index in [9.17, 15) is 13.9 Å². The lowest BCUT2D eigenvalue weighted by molar-refractivity contribution is 0.191. The maximum Gasteiger partial charge on any atom is 0.191 e. The van der Waals surface area contributed by atoms with Crippen LogP contribution in [0.5, 0.6) is 5.75 Å². The molecule has 2 aromatic rings. The van der Waals surface area contributed by atoms with Crippen LogP contribution in [0.2, 0.25) is 4.34 Å². The number of nitrogens with one attached hydrogen (secondary N) is 2. The molecule has 2 rings (SSSR count). The van der Waals surface area contributed by atoms with E-state index in [1.807, 2.05) is 6.92 Å². The quantitative estimate of drug-likeness (QED) is 0.359. The zero-order valence-corrected chi connectivity index (χ0v) is 15.7.